The molecular formula is C13H16N2O3. The standard InChI is InChI=1S/C13H16N2O3/c16-10-12-9-11(1-2-13(12)14-17)3-4-15-5-7-18-8-6-15/h1-2,9-10H,3-8H2. The van der Waals surface area contributed by atoms with Crippen LogP contribution in [0.15, 0.2) is 23.4 Å². The van der Waals surface area contributed by atoms with Gasteiger partial charge in [-0.2, -0.15) is 0 Å². The van der Waals surface area contributed by atoms with Gasteiger partial charge in [0.25, 0.3) is 0 Å². The molecule has 0 unspecified atom stereocenters. The highest BCUT2D eigenvalue weighted by Crippen LogP contribution is 2.19. The van der Waals surface area contributed by atoms with Crippen LogP contribution in [0, 0.1) is 4.91 Å². The van der Waals surface area contributed by atoms with E-state index in [1.165, 1.54) is 0 Å². The van der Waals surface area contributed by atoms with Gasteiger partial charge < -0.3 is 4.74 Å². The van der Waals surface area contributed by atoms with Crippen LogP contribution in [0.2, 0.25) is 0 Å². The van der Waals surface area contributed by atoms with Crippen molar-refractivity contribution in [1.82, 2.24) is 4.90 Å². The summed E-state index contributed by atoms with van der Waals surface area (Å²) in [5.41, 5.74) is 1.63. The number of morpholine rings is 1. The fourth-order valence-electron chi connectivity index (χ4n) is 2.05. The molecule has 0 amide bonds. The maximum absolute atomic E-state index is 10.8. The second-order valence-corrected chi connectivity index (χ2v) is 4.31. The monoisotopic (exact) mass is 248 g/mol. The molecule has 0 aliphatic carbocycles. The van der Waals surface area contributed by atoms with Crippen LogP contribution in [-0.2, 0) is 11.2 Å². The molecule has 0 bridgehead atoms. The zero-order valence-electron chi connectivity index (χ0n) is 10.2. The first-order chi connectivity index (χ1) is 8.83. The summed E-state index contributed by atoms with van der Waals surface area (Å²) in [7, 11) is 0. The zero-order valence-corrected chi connectivity index (χ0v) is 10.2. The molecule has 1 aliphatic heterocycles. The Hall–Kier alpha value is -1.59. The largest absolute Gasteiger partial charge is 0.379 e. The first kappa shape index (κ1) is 12.9. The molecule has 0 aromatic heterocycles. The van der Waals surface area contributed by atoms with Gasteiger partial charge >= 0.3 is 0 Å². The number of benzene rings is 1. The lowest BCUT2D eigenvalue weighted by Gasteiger charge is -2.26. The maximum atomic E-state index is 10.8. The van der Waals surface area contributed by atoms with Gasteiger partial charge in [0.1, 0.15) is 5.69 Å². The Morgan fingerprint density at radius 2 is 2.11 bits per heavy atom. The van der Waals surface area contributed by atoms with Crippen molar-refractivity contribution < 1.29 is 9.53 Å². The third-order valence-corrected chi connectivity index (χ3v) is 3.14. The molecule has 0 N–H and O–H groups in total. The van der Waals surface area contributed by atoms with E-state index < -0.39 is 0 Å². The van der Waals surface area contributed by atoms with Gasteiger partial charge in [-0.3, -0.25) is 9.69 Å². The van der Waals surface area contributed by atoms with Crippen molar-refractivity contribution in [1.29, 1.82) is 0 Å². The Labute approximate surface area is 106 Å². The van der Waals surface area contributed by atoms with E-state index in [9.17, 15) is 9.70 Å². The molecule has 0 radical (unpaired) electrons. The summed E-state index contributed by atoms with van der Waals surface area (Å²) in [6.45, 7) is 4.42. The lowest BCUT2D eigenvalue weighted by molar-refractivity contribution is 0.0384. The number of aldehydes is 1. The fraction of sp³-hybridized carbons (Fsp3) is 0.462. The second-order valence-electron chi connectivity index (χ2n) is 4.31. The van der Waals surface area contributed by atoms with Crippen LogP contribution in [0.1, 0.15) is 15.9 Å². The number of nitroso groups, excluding NO2 is 1. The molecule has 5 heteroatoms. The topological polar surface area (TPSA) is 59.0 Å². The molecule has 18 heavy (non-hydrogen) atoms. The quantitative estimate of drug-likeness (QED) is 0.588. The van der Waals surface area contributed by atoms with Crippen LogP contribution in [0.5, 0.6) is 0 Å². The predicted octanol–water partition coefficient (Wildman–Crippen LogP) is 1.77. The Morgan fingerprint density at radius 3 is 2.78 bits per heavy atom. The van der Waals surface area contributed by atoms with Crippen LogP contribution in [0.3, 0.4) is 0 Å². The summed E-state index contributed by atoms with van der Waals surface area (Å²) in [5.74, 6) is 0. The fourth-order valence-corrected chi connectivity index (χ4v) is 2.05. The molecule has 0 spiro atoms. The minimum atomic E-state index is 0.208. The smallest absolute Gasteiger partial charge is 0.152 e. The number of carbonyl (C=O) groups excluding carboxylic acids is 1. The molecule has 0 saturated carbocycles. The molecule has 1 saturated heterocycles. The van der Waals surface area contributed by atoms with Gasteiger partial charge in [-0.15, -0.1) is 4.91 Å². The Bertz CT molecular complexity index is 428. The molecule has 1 fully saturated rings. The second kappa shape index (κ2) is 6.37. The van der Waals surface area contributed by atoms with Crippen molar-refractivity contribution in [3.8, 4) is 0 Å². The molecule has 2 rings (SSSR count). The third kappa shape index (κ3) is 3.21. The zero-order chi connectivity index (χ0) is 12.8. The van der Waals surface area contributed by atoms with Crippen LogP contribution in [-0.4, -0.2) is 44.0 Å². The predicted molar refractivity (Wildman–Crippen MR) is 68.2 cm³/mol. The number of rotatable bonds is 5. The van der Waals surface area contributed by atoms with Crippen molar-refractivity contribution in [3.05, 3.63) is 34.2 Å². The van der Waals surface area contributed by atoms with Gasteiger partial charge in [0, 0.05) is 25.2 Å². The molecule has 1 aromatic rings. The third-order valence-electron chi connectivity index (χ3n) is 3.14. The van der Waals surface area contributed by atoms with Crippen molar-refractivity contribution in [2.75, 3.05) is 32.8 Å². The maximum Gasteiger partial charge on any atom is 0.152 e. The van der Waals surface area contributed by atoms with Gasteiger partial charge in [0.15, 0.2) is 6.29 Å². The van der Waals surface area contributed by atoms with E-state index in [2.05, 4.69) is 10.1 Å². The molecule has 1 aromatic carbocycles. The van der Waals surface area contributed by atoms with Gasteiger partial charge in [-0.05, 0) is 29.3 Å². The minimum absolute atomic E-state index is 0.208. The Balaban J connectivity index is 1.96. The molecular weight excluding hydrogens is 232 g/mol. The number of ether oxygens (including phenoxy) is 1. The van der Waals surface area contributed by atoms with E-state index in [0.29, 0.717) is 11.8 Å². The van der Waals surface area contributed by atoms with Gasteiger partial charge in [0.2, 0.25) is 0 Å². The molecule has 96 valence electrons. The first-order valence-corrected chi connectivity index (χ1v) is 6.05. The Morgan fingerprint density at radius 1 is 1.33 bits per heavy atom. The van der Waals surface area contributed by atoms with E-state index in [0.717, 1.165) is 44.8 Å². The minimum Gasteiger partial charge on any atom is -0.379 e. The van der Waals surface area contributed by atoms with Crippen molar-refractivity contribution >= 4 is 12.0 Å². The molecule has 1 heterocycles. The highest BCUT2D eigenvalue weighted by atomic mass is 16.5. The van der Waals surface area contributed by atoms with Gasteiger partial charge in [-0.25, -0.2) is 0 Å². The summed E-state index contributed by atoms with van der Waals surface area (Å²) in [5, 5.41) is 2.82. The number of carbonyl (C=O) groups is 1. The highest BCUT2D eigenvalue weighted by molar-refractivity contribution is 5.83. The van der Waals surface area contributed by atoms with Crippen molar-refractivity contribution in [2.24, 2.45) is 5.18 Å². The van der Waals surface area contributed by atoms with Crippen LogP contribution < -0.4 is 0 Å². The van der Waals surface area contributed by atoms with Gasteiger partial charge in [0.05, 0.1) is 13.2 Å². The SMILES string of the molecule is O=Cc1cc(CCN2CCOCC2)ccc1N=O. The van der Waals surface area contributed by atoms with E-state index in [1.807, 2.05) is 6.07 Å². The van der Waals surface area contributed by atoms with Crippen LogP contribution >= 0.6 is 0 Å². The molecule has 5 nitrogen and oxygen atoms in total. The first-order valence-electron chi connectivity index (χ1n) is 6.05. The lowest BCUT2D eigenvalue weighted by Crippen LogP contribution is -2.37. The normalized spacial score (nSPS) is 16.4. The Kier molecular flexibility index (Phi) is 4.55. The van der Waals surface area contributed by atoms with E-state index in [-0.39, 0.29) is 5.69 Å². The summed E-state index contributed by atoms with van der Waals surface area (Å²) in [4.78, 5) is 23.6. The van der Waals surface area contributed by atoms with Crippen molar-refractivity contribution in [2.45, 2.75) is 6.42 Å². The average molecular weight is 248 g/mol. The van der Waals surface area contributed by atoms with Crippen LogP contribution in [0.25, 0.3) is 0 Å². The van der Waals surface area contributed by atoms with Gasteiger partial charge in [-0.1, -0.05) is 6.07 Å². The average Bonchev–Trinajstić information content (AvgIpc) is 2.45. The van der Waals surface area contributed by atoms with E-state index >= 15 is 0 Å². The van der Waals surface area contributed by atoms with E-state index in [4.69, 9.17) is 4.74 Å². The lowest BCUT2D eigenvalue weighted by atomic mass is 10.1. The molecule has 0 atom stereocenters. The number of hydrogen-bond donors (Lipinski definition) is 0. The van der Waals surface area contributed by atoms with Crippen molar-refractivity contribution in [3.63, 3.8) is 0 Å². The summed E-state index contributed by atoms with van der Waals surface area (Å²) >= 11 is 0. The summed E-state index contributed by atoms with van der Waals surface area (Å²) in [6.07, 6.45) is 1.54. The number of hydrogen-bond acceptors (Lipinski definition) is 5. The van der Waals surface area contributed by atoms with E-state index in [1.54, 1.807) is 12.1 Å². The summed E-state index contributed by atoms with van der Waals surface area (Å²) < 4.78 is 5.28. The summed E-state index contributed by atoms with van der Waals surface area (Å²) in [6, 6.07) is 5.19. The van der Waals surface area contributed by atoms with Crippen LogP contribution in [0.4, 0.5) is 5.69 Å². The number of nitrogens with zero attached hydrogens (tertiary/aromatic N) is 2. The molecule has 1 aliphatic rings. The highest BCUT2D eigenvalue weighted by Gasteiger charge is 2.10.